The SMILES string of the molecule is O=C(O)CCCC(=O)N1CCN(c2cccc(O)c2)CC1. The molecule has 2 N–H and O–H groups in total. The molecule has 0 aromatic heterocycles. The number of carbonyl (C=O) groups is 2. The minimum Gasteiger partial charge on any atom is -0.508 e. The second-order valence-electron chi connectivity index (χ2n) is 5.13. The van der Waals surface area contributed by atoms with Gasteiger partial charge in [-0.3, -0.25) is 9.59 Å². The molecule has 0 spiro atoms. The van der Waals surface area contributed by atoms with E-state index in [1.807, 2.05) is 6.07 Å². The number of aromatic hydroxyl groups is 1. The Morgan fingerprint density at radius 3 is 2.43 bits per heavy atom. The Balaban J connectivity index is 1.80. The summed E-state index contributed by atoms with van der Waals surface area (Å²) >= 11 is 0. The summed E-state index contributed by atoms with van der Waals surface area (Å²) in [6.45, 7) is 2.69. The van der Waals surface area contributed by atoms with Crippen LogP contribution in [0.1, 0.15) is 19.3 Å². The standard InChI is InChI=1S/C15H20N2O4/c18-13-4-1-3-12(11-13)16-7-9-17(10-8-16)14(19)5-2-6-15(20)21/h1,3-4,11,18H,2,5-10H2,(H,20,21). The number of anilines is 1. The van der Waals surface area contributed by atoms with Crippen molar-refractivity contribution in [1.29, 1.82) is 0 Å². The molecule has 0 aliphatic carbocycles. The maximum absolute atomic E-state index is 12.0. The van der Waals surface area contributed by atoms with Crippen molar-refractivity contribution in [2.45, 2.75) is 19.3 Å². The van der Waals surface area contributed by atoms with Crippen LogP contribution in [0.15, 0.2) is 24.3 Å². The van der Waals surface area contributed by atoms with Crippen LogP contribution in [0.2, 0.25) is 0 Å². The molecule has 1 aromatic rings. The van der Waals surface area contributed by atoms with Gasteiger partial charge in [0.1, 0.15) is 5.75 Å². The van der Waals surface area contributed by atoms with Gasteiger partial charge in [0.25, 0.3) is 0 Å². The van der Waals surface area contributed by atoms with Gasteiger partial charge < -0.3 is 20.0 Å². The maximum Gasteiger partial charge on any atom is 0.303 e. The van der Waals surface area contributed by atoms with E-state index in [-0.39, 0.29) is 18.1 Å². The highest BCUT2D eigenvalue weighted by Crippen LogP contribution is 2.21. The predicted molar refractivity (Wildman–Crippen MR) is 78.4 cm³/mol. The largest absolute Gasteiger partial charge is 0.508 e. The molecule has 0 atom stereocenters. The first-order valence-corrected chi connectivity index (χ1v) is 7.10. The maximum atomic E-state index is 12.0. The summed E-state index contributed by atoms with van der Waals surface area (Å²) in [6, 6.07) is 7.08. The van der Waals surface area contributed by atoms with Crippen LogP contribution in [-0.4, -0.2) is 53.2 Å². The lowest BCUT2D eigenvalue weighted by molar-refractivity contribution is -0.137. The molecule has 1 aromatic carbocycles. The Hall–Kier alpha value is -2.24. The molecule has 0 bridgehead atoms. The number of phenols is 1. The van der Waals surface area contributed by atoms with Gasteiger partial charge in [-0.2, -0.15) is 0 Å². The van der Waals surface area contributed by atoms with E-state index >= 15 is 0 Å². The van der Waals surface area contributed by atoms with Crippen molar-refractivity contribution < 1.29 is 19.8 Å². The molecule has 1 fully saturated rings. The molecule has 2 rings (SSSR count). The smallest absolute Gasteiger partial charge is 0.303 e. The van der Waals surface area contributed by atoms with Crippen LogP contribution < -0.4 is 4.90 Å². The zero-order chi connectivity index (χ0) is 15.2. The van der Waals surface area contributed by atoms with Gasteiger partial charge in [0.05, 0.1) is 0 Å². The highest BCUT2D eigenvalue weighted by molar-refractivity contribution is 5.77. The molecule has 0 radical (unpaired) electrons. The average molecular weight is 292 g/mol. The summed E-state index contributed by atoms with van der Waals surface area (Å²) in [5, 5.41) is 18.1. The molecular weight excluding hydrogens is 272 g/mol. The summed E-state index contributed by atoms with van der Waals surface area (Å²) < 4.78 is 0. The number of phenolic OH excluding ortho intramolecular Hbond substituents is 1. The zero-order valence-corrected chi connectivity index (χ0v) is 11.9. The second kappa shape index (κ2) is 6.97. The lowest BCUT2D eigenvalue weighted by Gasteiger charge is -2.36. The lowest BCUT2D eigenvalue weighted by Crippen LogP contribution is -2.48. The normalized spacial score (nSPS) is 15.0. The fraction of sp³-hybridized carbons (Fsp3) is 0.467. The Kier molecular flexibility index (Phi) is 5.03. The van der Waals surface area contributed by atoms with Crippen molar-refractivity contribution in [2.75, 3.05) is 31.1 Å². The number of carboxylic acid groups (broad SMARTS) is 1. The minimum absolute atomic E-state index is 0.0202. The molecule has 0 saturated carbocycles. The fourth-order valence-corrected chi connectivity index (χ4v) is 2.45. The van der Waals surface area contributed by atoms with Crippen molar-refractivity contribution >= 4 is 17.6 Å². The van der Waals surface area contributed by atoms with Crippen molar-refractivity contribution in [3.8, 4) is 5.75 Å². The van der Waals surface area contributed by atoms with Crippen LogP contribution in [0.5, 0.6) is 5.75 Å². The lowest BCUT2D eigenvalue weighted by atomic mass is 10.2. The van der Waals surface area contributed by atoms with Crippen LogP contribution in [-0.2, 0) is 9.59 Å². The second-order valence-corrected chi connectivity index (χ2v) is 5.13. The number of carboxylic acids is 1. The quantitative estimate of drug-likeness (QED) is 0.855. The summed E-state index contributed by atoms with van der Waals surface area (Å²) in [5.41, 5.74) is 0.952. The molecular formula is C15H20N2O4. The van der Waals surface area contributed by atoms with Gasteiger partial charge in [0, 0.05) is 50.8 Å². The third-order valence-corrected chi connectivity index (χ3v) is 3.61. The Bertz CT molecular complexity index is 510. The molecule has 1 heterocycles. The summed E-state index contributed by atoms with van der Waals surface area (Å²) in [5.74, 6) is -0.608. The number of aliphatic carboxylic acids is 1. The molecule has 1 aliphatic rings. The zero-order valence-electron chi connectivity index (χ0n) is 11.9. The van der Waals surface area contributed by atoms with E-state index in [4.69, 9.17) is 5.11 Å². The molecule has 1 saturated heterocycles. The number of carbonyl (C=O) groups excluding carboxylic acids is 1. The molecule has 114 valence electrons. The first-order valence-electron chi connectivity index (χ1n) is 7.10. The Labute approximate surface area is 123 Å². The van der Waals surface area contributed by atoms with Crippen molar-refractivity contribution in [2.24, 2.45) is 0 Å². The van der Waals surface area contributed by atoms with Crippen LogP contribution in [0.25, 0.3) is 0 Å². The third kappa shape index (κ3) is 4.37. The van der Waals surface area contributed by atoms with E-state index in [2.05, 4.69) is 4.90 Å². The van der Waals surface area contributed by atoms with E-state index in [1.165, 1.54) is 0 Å². The predicted octanol–water partition coefficient (Wildman–Crippen LogP) is 1.30. The summed E-state index contributed by atoms with van der Waals surface area (Å²) in [7, 11) is 0. The minimum atomic E-state index is -0.864. The third-order valence-electron chi connectivity index (χ3n) is 3.61. The van der Waals surface area contributed by atoms with Gasteiger partial charge in [0.15, 0.2) is 0 Å². The van der Waals surface area contributed by atoms with Crippen molar-refractivity contribution in [3.05, 3.63) is 24.3 Å². The van der Waals surface area contributed by atoms with Gasteiger partial charge in [-0.1, -0.05) is 6.07 Å². The van der Waals surface area contributed by atoms with E-state index in [9.17, 15) is 14.7 Å². The molecule has 1 aliphatic heterocycles. The van der Waals surface area contributed by atoms with E-state index in [0.717, 1.165) is 5.69 Å². The van der Waals surface area contributed by atoms with Gasteiger partial charge in [-0.05, 0) is 18.6 Å². The van der Waals surface area contributed by atoms with Crippen LogP contribution in [0, 0.1) is 0 Å². The highest BCUT2D eigenvalue weighted by Gasteiger charge is 2.21. The fourth-order valence-electron chi connectivity index (χ4n) is 2.45. The number of piperazine rings is 1. The van der Waals surface area contributed by atoms with Gasteiger partial charge in [-0.25, -0.2) is 0 Å². The summed E-state index contributed by atoms with van der Waals surface area (Å²) in [4.78, 5) is 26.3. The van der Waals surface area contributed by atoms with Gasteiger partial charge in [-0.15, -0.1) is 0 Å². The average Bonchev–Trinajstić information content (AvgIpc) is 2.47. The monoisotopic (exact) mass is 292 g/mol. The van der Waals surface area contributed by atoms with E-state index < -0.39 is 5.97 Å². The number of amides is 1. The Morgan fingerprint density at radius 1 is 1.10 bits per heavy atom. The Morgan fingerprint density at radius 2 is 1.81 bits per heavy atom. The van der Waals surface area contributed by atoms with Crippen molar-refractivity contribution in [1.82, 2.24) is 4.90 Å². The molecule has 6 nitrogen and oxygen atoms in total. The number of hydrogen-bond acceptors (Lipinski definition) is 4. The van der Waals surface area contributed by atoms with Crippen LogP contribution >= 0.6 is 0 Å². The van der Waals surface area contributed by atoms with E-state index in [1.54, 1.807) is 23.1 Å². The number of benzene rings is 1. The summed E-state index contributed by atoms with van der Waals surface area (Å²) in [6.07, 6.45) is 0.717. The molecule has 0 unspecified atom stereocenters. The molecule has 6 heteroatoms. The topological polar surface area (TPSA) is 81.1 Å². The van der Waals surface area contributed by atoms with E-state index in [0.29, 0.717) is 39.0 Å². The highest BCUT2D eigenvalue weighted by atomic mass is 16.4. The number of nitrogens with zero attached hydrogens (tertiary/aromatic N) is 2. The molecule has 1 amide bonds. The van der Waals surface area contributed by atoms with Gasteiger partial charge >= 0.3 is 5.97 Å². The van der Waals surface area contributed by atoms with Gasteiger partial charge in [0.2, 0.25) is 5.91 Å². The van der Waals surface area contributed by atoms with Crippen LogP contribution in [0.4, 0.5) is 5.69 Å². The van der Waals surface area contributed by atoms with Crippen molar-refractivity contribution in [3.63, 3.8) is 0 Å². The first-order chi connectivity index (χ1) is 10.1. The number of rotatable bonds is 5. The first kappa shape index (κ1) is 15.2. The van der Waals surface area contributed by atoms with Crippen LogP contribution in [0.3, 0.4) is 0 Å². The number of hydrogen-bond donors (Lipinski definition) is 2. The molecule has 21 heavy (non-hydrogen) atoms.